The molecule has 0 unspecified atom stereocenters. The summed E-state index contributed by atoms with van der Waals surface area (Å²) >= 11 is 4.45. The van der Waals surface area contributed by atoms with E-state index in [1.165, 1.54) is 11.8 Å². The molecule has 22 heavy (non-hydrogen) atoms. The van der Waals surface area contributed by atoms with E-state index in [4.69, 9.17) is 0 Å². The minimum absolute atomic E-state index is 0.225. The number of carbonyl (C=O) groups is 2. The number of carbonyl (C=O) groups excluding carboxylic acids is 2. The van der Waals surface area contributed by atoms with Gasteiger partial charge in [0.05, 0.1) is 0 Å². The van der Waals surface area contributed by atoms with Gasteiger partial charge in [-0.15, -0.1) is 5.10 Å². The van der Waals surface area contributed by atoms with E-state index in [0.717, 1.165) is 21.8 Å². The summed E-state index contributed by atoms with van der Waals surface area (Å²) < 4.78 is 0.931. The summed E-state index contributed by atoms with van der Waals surface area (Å²) in [5.74, 6) is 0.0900. The van der Waals surface area contributed by atoms with Gasteiger partial charge in [-0.1, -0.05) is 39.8 Å². The Morgan fingerprint density at radius 3 is 2.68 bits per heavy atom. The van der Waals surface area contributed by atoms with Gasteiger partial charge in [0, 0.05) is 24.1 Å². The Kier molecular flexibility index (Phi) is 5.36. The number of ketones is 1. The normalized spacial score (nSPS) is 12.0. The number of thioether (sulfide) groups is 1. The van der Waals surface area contributed by atoms with Crippen LogP contribution in [0.2, 0.25) is 0 Å². The van der Waals surface area contributed by atoms with Crippen molar-refractivity contribution in [1.82, 2.24) is 20.1 Å². The number of aromatic amines is 1. The summed E-state index contributed by atoms with van der Waals surface area (Å²) in [4.78, 5) is 29.4. The third-order valence-electron chi connectivity index (χ3n) is 2.82. The van der Waals surface area contributed by atoms with E-state index in [0.29, 0.717) is 11.0 Å². The highest BCUT2D eigenvalue weighted by Crippen LogP contribution is 2.25. The van der Waals surface area contributed by atoms with Gasteiger partial charge in [-0.25, -0.2) is 4.98 Å². The highest BCUT2D eigenvalue weighted by Gasteiger charge is 2.27. The molecule has 0 aliphatic carbocycles. The molecule has 1 N–H and O–H groups in total. The average Bonchev–Trinajstić information content (AvgIpc) is 2.92. The largest absolute Gasteiger partial charge is 0.347 e. The third kappa shape index (κ3) is 3.95. The van der Waals surface area contributed by atoms with E-state index in [9.17, 15) is 9.59 Å². The van der Waals surface area contributed by atoms with Crippen molar-refractivity contribution in [3.05, 3.63) is 28.7 Å². The van der Waals surface area contributed by atoms with E-state index in [-0.39, 0.29) is 11.7 Å². The predicted molar refractivity (Wildman–Crippen MR) is 88.5 cm³/mol. The van der Waals surface area contributed by atoms with E-state index < -0.39 is 5.25 Å². The Balaban J connectivity index is 2.20. The molecule has 1 aromatic heterocycles. The van der Waals surface area contributed by atoms with E-state index in [1.807, 2.05) is 24.3 Å². The molecule has 1 atom stereocenters. The second-order valence-corrected chi connectivity index (χ2v) is 6.81. The first-order chi connectivity index (χ1) is 10.4. The van der Waals surface area contributed by atoms with Crippen LogP contribution in [-0.2, 0) is 9.59 Å². The molecule has 2 aromatic rings. The number of Topliss-reactive ketones (excluding diaryl/α,β-unsaturated/α-hetero) is 1. The maximum absolute atomic E-state index is 12.0. The Bertz CT molecular complexity index is 702. The molecule has 2 rings (SSSR count). The number of nitrogens with zero attached hydrogens (tertiary/aromatic N) is 3. The van der Waals surface area contributed by atoms with Crippen molar-refractivity contribution in [2.75, 3.05) is 14.1 Å². The molecule has 1 heterocycles. The summed E-state index contributed by atoms with van der Waals surface area (Å²) in [6.07, 6.45) is 0. The van der Waals surface area contributed by atoms with Crippen molar-refractivity contribution in [1.29, 1.82) is 0 Å². The van der Waals surface area contributed by atoms with Crippen molar-refractivity contribution in [2.24, 2.45) is 0 Å². The summed E-state index contributed by atoms with van der Waals surface area (Å²) in [5.41, 5.74) is 0.868. The zero-order chi connectivity index (χ0) is 16.3. The smallest absolute Gasteiger partial charge is 0.243 e. The van der Waals surface area contributed by atoms with Crippen LogP contribution in [0.15, 0.2) is 33.9 Å². The number of hydrogen-bond donors (Lipinski definition) is 1. The van der Waals surface area contributed by atoms with Crippen molar-refractivity contribution in [3.63, 3.8) is 0 Å². The number of aromatic nitrogens is 3. The molecule has 0 saturated heterocycles. The zero-order valence-corrected chi connectivity index (χ0v) is 14.7. The van der Waals surface area contributed by atoms with E-state index in [2.05, 4.69) is 31.1 Å². The zero-order valence-electron chi connectivity index (χ0n) is 12.3. The number of amides is 1. The first-order valence-electron chi connectivity index (χ1n) is 6.45. The van der Waals surface area contributed by atoms with Gasteiger partial charge in [-0.3, -0.25) is 14.7 Å². The number of H-pyrrole nitrogens is 1. The van der Waals surface area contributed by atoms with Crippen LogP contribution in [0.1, 0.15) is 6.92 Å². The predicted octanol–water partition coefficient (Wildman–Crippen LogP) is 2.37. The van der Waals surface area contributed by atoms with Gasteiger partial charge >= 0.3 is 0 Å². The lowest BCUT2D eigenvalue weighted by atomic mass is 10.2. The topological polar surface area (TPSA) is 79.0 Å². The van der Waals surface area contributed by atoms with E-state index >= 15 is 0 Å². The molecule has 1 aromatic carbocycles. The van der Waals surface area contributed by atoms with Gasteiger partial charge < -0.3 is 4.90 Å². The minimum atomic E-state index is -0.832. The minimum Gasteiger partial charge on any atom is -0.347 e. The summed E-state index contributed by atoms with van der Waals surface area (Å²) in [6.45, 7) is 1.39. The lowest BCUT2D eigenvalue weighted by Crippen LogP contribution is -2.35. The summed E-state index contributed by atoms with van der Waals surface area (Å²) in [5, 5.41) is 6.43. The second-order valence-electron chi connectivity index (χ2n) is 4.82. The van der Waals surface area contributed by atoms with Crippen LogP contribution in [0.5, 0.6) is 0 Å². The van der Waals surface area contributed by atoms with Gasteiger partial charge in [-0.05, 0) is 19.1 Å². The van der Waals surface area contributed by atoms with Gasteiger partial charge in [0.1, 0.15) is 5.25 Å². The Hall–Kier alpha value is -1.67. The second kappa shape index (κ2) is 7.06. The summed E-state index contributed by atoms with van der Waals surface area (Å²) in [7, 11) is 3.23. The molecule has 116 valence electrons. The fourth-order valence-electron chi connectivity index (χ4n) is 1.71. The molecular formula is C14H15BrN4O2S. The van der Waals surface area contributed by atoms with Crippen LogP contribution in [0.3, 0.4) is 0 Å². The van der Waals surface area contributed by atoms with Crippen LogP contribution >= 0.6 is 27.7 Å². The van der Waals surface area contributed by atoms with Crippen molar-refractivity contribution >= 4 is 39.4 Å². The number of hydrogen-bond acceptors (Lipinski definition) is 5. The number of rotatable bonds is 5. The molecule has 0 fully saturated rings. The Labute approximate surface area is 140 Å². The first-order valence-corrected chi connectivity index (χ1v) is 8.12. The van der Waals surface area contributed by atoms with Crippen molar-refractivity contribution < 1.29 is 9.59 Å². The maximum Gasteiger partial charge on any atom is 0.243 e. The number of benzene rings is 1. The van der Waals surface area contributed by atoms with Crippen molar-refractivity contribution in [2.45, 2.75) is 17.3 Å². The molecular weight excluding hydrogens is 368 g/mol. The van der Waals surface area contributed by atoms with Crippen LogP contribution in [-0.4, -0.2) is 51.1 Å². The van der Waals surface area contributed by atoms with Crippen LogP contribution < -0.4 is 0 Å². The molecule has 1 amide bonds. The molecule has 6 nitrogen and oxygen atoms in total. The molecule has 0 aliphatic heterocycles. The standard InChI is InChI=1S/C14H15BrN4O2S/c1-8(20)11(13(21)19(2)3)22-14-16-12(17-18-14)9-5-4-6-10(15)7-9/h4-7,11H,1-3H3,(H,16,17,18)/t11-/m0/s1. The fourth-order valence-corrected chi connectivity index (χ4v) is 3.04. The van der Waals surface area contributed by atoms with Crippen LogP contribution in [0.25, 0.3) is 11.4 Å². The van der Waals surface area contributed by atoms with Gasteiger partial charge in [-0.2, -0.15) is 0 Å². The SMILES string of the molecule is CC(=O)[C@H](Sc1n[nH]c(-c2cccc(Br)c2)n1)C(=O)N(C)C. The Morgan fingerprint density at radius 2 is 2.09 bits per heavy atom. The highest BCUT2D eigenvalue weighted by atomic mass is 79.9. The van der Waals surface area contributed by atoms with Gasteiger partial charge in [0.2, 0.25) is 11.1 Å². The lowest BCUT2D eigenvalue weighted by molar-refractivity contribution is -0.132. The van der Waals surface area contributed by atoms with Gasteiger partial charge in [0.15, 0.2) is 11.6 Å². The molecule has 0 radical (unpaired) electrons. The lowest BCUT2D eigenvalue weighted by Gasteiger charge is -2.16. The molecule has 0 bridgehead atoms. The third-order valence-corrected chi connectivity index (χ3v) is 4.48. The van der Waals surface area contributed by atoms with Crippen LogP contribution in [0.4, 0.5) is 0 Å². The summed E-state index contributed by atoms with van der Waals surface area (Å²) in [6, 6.07) is 7.61. The average molecular weight is 383 g/mol. The van der Waals surface area contributed by atoms with Crippen molar-refractivity contribution in [3.8, 4) is 11.4 Å². The Morgan fingerprint density at radius 1 is 1.36 bits per heavy atom. The van der Waals surface area contributed by atoms with E-state index in [1.54, 1.807) is 14.1 Å². The van der Waals surface area contributed by atoms with Gasteiger partial charge in [0.25, 0.3) is 0 Å². The number of halogens is 1. The maximum atomic E-state index is 12.0. The number of nitrogens with one attached hydrogen (secondary N) is 1. The first kappa shape index (κ1) is 16.7. The quantitative estimate of drug-likeness (QED) is 0.634. The molecule has 0 spiro atoms. The fraction of sp³-hybridized carbons (Fsp3) is 0.286. The molecule has 8 heteroatoms. The highest BCUT2D eigenvalue weighted by molar-refractivity contribution is 9.10. The monoisotopic (exact) mass is 382 g/mol. The molecule has 0 aliphatic rings. The van der Waals surface area contributed by atoms with Crippen LogP contribution in [0, 0.1) is 0 Å². The molecule has 0 saturated carbocycles.